The van der Waals surface area contributed by atoms with Crippen LogP contribution >= 0.6 is 0 Å². The summed E-state index contributed by atoms with van der Waals surface area (Å²) in [6, 6.07) is 4.96. The Bertz CT molecular complexity index is 732. The van der Waals surface area contributed by atoms with E-state index in [2.05, 4.69) is 30.3 Å². The van der Waals surface area contributed by atoms with Crippen molar-refractivity contribution in [3.05, 3.63) is 30.1 Å². The molecule has 1 fully saturated rings. The van der Waals surface area contributed by atoms with Crippen LogP contribution in [0.2, 0.25) is 0 Å². The molecule has 0 saturated carbocycles. The molecule has 2 aromatic rings. The Morgan fingerprint density at radius 3 is 2.42 bits per heavy atom. The van der Waals surface area contributed by atoms with Crippen LogP contribution in [0.25, 0.3) is 11.4 Å². The van der Waals surface area contributed by atoms with E-state index >= 15 is 0 Å². The number of nitrogens with zero attached hydrogens (tertiary/aromatic N) is 3. The summed E-state index contributed by atoms with van der Waals surface area (Å²) in [6.45, 7) is 0.142. The largest absolute Gasteiger partial charge is 0.454 e. The zero-order valence-electron chi connectivity index (χ0n) is 13.7. The number of anilines is 1. The Labute approximate surface area is 147 Å². The molecular weight excluding hydrogens is 354 g/mol. The van der Waals surface area contributed by atoms with E-state index in [-0.39, 0.29) is 17.8 Å². The highest BCUT2D eigenvalue weighted by Gasteiger charge is 2.29. The fourth-order valence-corrected chi connectivity index (χ4v) is 2.51. The van der Waals surface area contributed by atoms with Crippen LogP contribution in [-0.4, -0.2) is 46.9 Å². The Balaban J connectivity index is 1.86. The van der Waals surface area contributed by atoms with Gasteiger partial charge in [-0.3, -0.25) is 0 Å². The van der Waals surface area contributed by atoms with Gasteiger partial charge < -0.3 is 15.4 Å². The molecule has 0 radical (unpaired) electrons. The summed E-state index contributed by atoms with van der Waals surface area (Å²) in [5, 5.41) is 6.32. The van der Waals surface area contributed by atoms with Gasteiger partial charge in [0.2, 0.25) is 5.95 Å². The summed E-state index contributed by atoms with van der Waals surface area (Å²) in [7, 11) is 0. The van der Waals surface area contributed by atoms with Crippen LogP contribution in [0.1, 0.15) is 12.8 Å². The van der Waals surface area contributed by atoms with E-state index in [9.17, 15) is 17.6 Å². The van der Waals surface area contributed by atoms with Gasteiger partial charge in [-0.1, -0.05) is 0 Å². The molecule has 26 heavy (non-hydrogen) atoms. The highest BCUT2D eigenvalue weighted by molar-refractivity contribution is 5.56. The van der Waals surface area contributed by atoms with Crippen molar-refractivity contribution in [1.29, 1.82) is 0 Å². The van der Waals surface area contributed by atoms with Crippen LogP contribution in [0.5, 0.6) is 6.01 Å². The molecule has 3 rings (SSSR count). The first kappa shape index (κ1) is 18.3. The van der Waals surface area contributed by atoms with Crippen molar-refractivity contribution in [2.45, 2.75) is 25.1 Å². The molecule has 0 unspecified atom stereocenters. The topological polar surface area (TPSA) is 72.0 Å². The van der Waals surface area contributed by atoms with Gasteiger partial charge in [0.25, 0.3) is 0 Å². The van der Waals surface area contributed by atoms with Crippen LogP contribution < -0.4 is 15.4 Å². The maximum Gasteiger partial charge on any atom is 0.422 e. The minimum Gasteiger partial charge on any atom is -0.454 e. The Morgan fingerprint density at radius 2 is 1.77 bits per heavy atom. The fourth-order valence-electron chi connectivity index (χ4n) is 2.51. The van der Waals surface area contributed by atoms with Gasteiger partial charge in [-0.05, 0) is 50.2 Å². The maximum atomic E-state index is 13.1. The lowest BCUT2D eigenvalue weighted by atomic mass is 10.1. The van der Waals surface area contributed by atoms with E-state index in [0.717, 1.165) is 25.9 Å². The molecule has 0 amide bonds. The SMILES string of the molecule is Fc1ccc(-c2nc(NC3CCNCC3)nc(OCC(F)(F)F)n2)cc1. The molecule has 0 atom stereocenters. The number of aromatic nitrogens is 3. The first-order chi connectivity index (χ1) is 12.4. The lowest BCUT2D eigenvalue weighted by Gasteiger charge is -2.23. The quantitative estimate of drug-likeness (QED) is 0.788. The zero-order chi connectivity index (χ0) is 18.6. The number of benzene rings is 1. The van der Waals surface area contributed by atoms with Crippen molar-refractivity contribution in [2.75, 3.05) is 25.0 Å². The summed E-state index contributed by atoms with van der Waals surface area (Å²) in [6.07, 6.45) is -2.85. The Hall–Kier alpha value is -2.49. The van der Waals surface area contributed by atoms with E-state index in [1.807, 2.05) is 0 Å². The van der Waals surface area contributed by atoms with Crippen molar-refractivity contribution in [1.82, 2.24) is 20.3 Å². The standard InChI is InChI=1S/C16H17F4N5O/c17-11-3-1-10(2-4-11)13-23-14(22-12-5-7-21-8-6-12)25-15(24-13)26-9-16(18,19)20/h1-4,12,21H,5-9H2,(H,22,23,24,25). The van der Waals surface area contributed by atoms with E-state index in [4.69, 9.17) is 0 Å². The second-order valence-corrected chi connectivity index (χ2v) is 5.84. The average molecular weight is 371 g/mol. The average Bonchev–Trinajstić information content (AvgIpc) is 2.61. The number of hydrogen-bond donors (Lipinski definition) is 2. The lowest BCUT2D eigenvalue weighted by molar-refractivity contribution is -0.154. The van der Waals surface area contributed by atoms with E-state index in [0.29, 0.717) is 5.56 Å². The lowest BCUT2D eigenvalue weighted by Crippen LogP contribution is -2.35. The van der Waals surface area contributed by atoms with E-state index in [1.165, 1.54) is 24.3 Å². The van der Waals surface area contributed by atoms with Crippen molar-refractivity contribution in [2.24, 2.45) is 0 Å². The number of piperidine rings is 1. The fraction of sp³-hybridized carbons (Fsp3) is 0.438. The molecule has 0 aliphatic carbocycles. The van der Waals surface area contributed by atoms with Gasteiger partial charge in [0.05, 0.1) is 0 Å². The predicted molar refractivity (Wildman–Crippen MR) is 86.3 cm³/mol. The third-order valence-corrected chi connectivity index (χ3v) is 3.75. The molecule has 0 bridgehead atoms. The molecule has 1 saturated heterocycles. The van der Waals surface area contributed by atoms with Crippen molar-refractivity contribution >= 4 is 5.95 Å². The van der Waals surface area contributed by atoms with Gasteiger partial charge in [-0.2, -0.15) is 28.1 Å². The Morgan fingerprint density at radius 1 is 1.08 bits per heavy atom. The molecule has 140 valence electrons. The summed E-state index contributed by atoms with van der Waals surface area (Å²) in [4.78, 5) is 12.1. The van der Waals surface area contributed by atoms with E-state index < -0.39 is 24.6 Å². The zero-order valence-corrected chi connectivity index (χ0v) is 13.7. The molecule has 1 aromatic heterocycles. The molecule has 0 spiro atoms. The maximum absolute atomic E-state index is 13.1. The Kier molecular flexibility index (Phi) is 5.50. The number of ether oxygens (including phenoxy) is 1. The molecular formula is C16H17F4N5O. The van der Waals surface area contributed by atoms with Gasteiger partial charge in [0, 0.05) is 11.6 Å². The van der Waals surface area contributed by atoms with Crippen LogP contribution in [0, 0.1) is 5.82 Å². The third kappa shape index (κ3) is 5.25. The molecule has 1 aromatic carbocycles. The summed E-state index contributed by atoms with van der Waals surface area (Å²) in [5.74, 6) is -0.207. The van der Waals surface area contributed by atoms with Crippen LogP contribution in [-0.2, 0) is 0 Å². The van der Waals surface area contributed by atoms with Crippen LogP contribution in [0.3, 0.4) is 0 Å². The smallest absolute Gasteiger partial charge is 0.422 e. The first-order valence-corrected chi connectivity index (χ1v) is 8.08. The summed E-state index contributed by atoms with van der Waals surface area (Å²) < 4.78 is 55.0. The minimum atomic E-state index is -4.51. The van der Waals surface area contributed by atoms with Crippen LogP contribution in [0.4, 0.5) is 23.5 Å². The normalized spacial score (nSPS) is 15.7. The highest BCUT2D eigenvalue weighted by atomic mass is 19.4. The van der Waals surface area contributed by atoms with Gasteiger partial charge in [-0.15, -0.1) is 0 Å². The molecule has 6 nitrogen and oxygen atoms in total. The summed E-state index contributed by atoms with van der Waals surface area (Å²) in [5.41, 5.74) is 0.444. The predicted octanol–water partition coefficient (Wildman–Crippen LogP) is 2.78. The van der Waals surface area contributed by atoms with Crippen LogP contribution in [0.15, 0.2) is 24.3 Å². The third-order valence-electron chi connectivity index (χ3n) is 3.75. The molecule has 1 aliphatic rings. The number of halogens is 4. The second kappa shape index (κ2) is 7.81. The van der Waals surface area contributed by atoms with Gasteiger partial charge in [0.15, 0.2) is 12.4 Å². The van der Waals surface area contributed by atoms with Crippen molar-refractivity contribution in [3.8, 4) is 17.4 Å². The van der Waals surface area contributed by atoms with Crippen molar-refractivity contribution < 1.29 is 22.3 Å². The minimum absolute atomic E-state index is 0.0928. The first-order valence-electron chi connectivity index (χ1n) is 8.08. The van der Waals surface area contributed by atoms with Crippen molar-refractivity contribution in [3.63, 3.8) is 0 Å². The molecule has 2 N–H and O–H groups in total. The number of rotatable bonds is 5. The van der Waals surface area contributed by atoms with Gasteiger partial charge >= 0.3 is 12.2 Å². The number of alkyl halides is 3. The molecule has 2 heterocycles. The molecule has 10 heteroatoms. The number of nitrogens with one attached hydrogen (secondary N) is 2. The monoisotopic (exact) mass is 371 g/mol. The van der Waals surface area contributed by atoms with Gasteiger partial charge in [-0.25, -0.2) is 4.39 Å². The second-order valence-electron chi connectivity index (χ2n) is 5.84. The highest BCUT2D eigenvalue weighted by Crippen LogP contribution is 2.22. The molecule has 1 aliphatic heterocycles. The van der Waals surface area contributed by atoms with E-state index in [1.54, 1.807) is 0 Å². The summed E-state index contributed by atoms with van der Waals surface area (Å²) >= 11 is 0. The number of hydrogen-bond acceptors (Lipinski definition) is 6. The van der Waals surface area contributed by atoms with Gasteiger partial charge in [0.1, 0.15) is 5.82 Å².